The number of carbonyl (C=O) groups excluding carboxylic acids is 1. The third kappa shape index (κ3) is 3.34. The van der Waals surface area contributed by atoms with E-state index in [9.17, 15) is 4.79 Å². The molecule has 0 bridgehead atoms. The zero-order chi connectivity index (χ0) is 9.68. The monoisotopic (exact) mass is 289 g/mol. The molecule has 1 aromatic carbocycles. The zero-order valence-corrected chi connectivity index (χ0v) is 9.67. The van der Waals surface area contributed by atoms with Gasteiger partial charge in [-0.1, -0.05) is 41.6 Å². The Morgan fingerprint density at radius 1 is 1.54 bits per heavy atom. The molecule has 0 aliphatic rings. The van der Waals surface area contributed by atoms with Gasteiger partial charge in [0.2, 0.25) is 5.91 Å². The molecule has 0 fully saturated rings. The third-order valence-corrected chi connectivity index (χ3v) is 2.43. The van der Waals surface area contributed by atoms with Gasteiger partial charge in [-0.3, -0.25) is 4.79 Å². The number of hydrogen-bond acceptors (Lipinski definition) is 1. The molecule has 70 valence electrons. The van der Waals surface area contributed by atoms with Crippen LogP contribution in [0.15, 0.2) is 24.3 Å². The predicted octanol–water partition coefficient (Wildman–Crippen LogP) is 2.62. The summed E-state index contributed by atoms with van der Waals surface area (Å²) in [5, 5.41) is 2.82. The summed E-state index contributed by atoms with van der Waals surface area (Å²) in [7, 11) is 0. The first-order valence-corrected chi connectivity index (χ1v) is 5.73. The molecule has 0 saturated heterocycles. The van der Waals surface area contributed by atoms with Gasteiger partial charge in [-0.2, -0.15) is 0 Å². The van der Waals surface area contributed by atoms with Gasteiger partial charge in [-0.25, -0.2) is 0 Å². The Hall–Kier alpha value is -0.580. The zero-order valence-electron chi connectivity index (χ0n) is 7.51. The van der Waals surface area contributed by atoms with E-state index in [0.717, 1.165) is 12.1 Å². The summed E-state index contributed by atoms with van der Waals surface area (Å²) in [6.45, 7) is 2.10. The van der Waals surface area contributed by atoms with Crippen molar-refractivity contribution in [3.05, 3.63) is 29.8 Å². The Kier molecular flexibility index (Phi) is 4.21. The number of benzene rings is 1. The van der Waals surface area contributed by atoms with Gasteiger partial charge < -0.3 is 5.32 Å². The van der Waals surface area contributed by atoms with Crippen molar-refractivity contribution >= 4 is 34.2 Å². The molecular formula is C10H12INO. The molecule has 1 aromatic rings. The van der Waals surface area contributed by atoms with Crippen LogP contribution in [0, 0.1) is 0 Å². The van der Waals surface area contributed by atoms with Crippen molar-refractivity contribution in [2.24, 2.45) is 0 Å². The second kappa shape index (κ2) is 5.21. The Balaban J connectivity index is 2.71. The molecule has 2 nitrogen and oxygen atoms in total. The number of rotatable bonds is 3. The van der Waals surface area contributed by atoms with Gasteiger partial charge in [-0.05, 0) is 24.1 Å². The minimum Gasteiger partial charge on any atom is -0.325 e. The largest absolute Gasteiger partial charge is 0.325 e. The highest BCUT2D eigenvalue weighted by Gasteiger charge is 1.99. The van der Waals surface area contributed by atoms with Crippen LogP contribution in [0.25, 0.3) is 0 Å². The highest BCUT2D eigenvalue weighted by Crippen LogP contribution is 2.10. The number of nitrogens with one attached hydrogen (secondary N) is 1. The molecular weight excluding hydrogens is 277 g/mol. The molecule has 13 heavy (non-hydrogen) atoms. The highest BCUT2D eigenvalue weighted by atomic mass is 127. The van der Waals surface area contributed by atoms with Gasteiger partial charge in [-0.15, -0.1) is 0 Å². The normalized spacial score (nSPS) is 9.69. The molecule has 1 amide bonds. The molecule has 0 aromatic heterocycles. The molecule has 0 aliphatic heterocycles. The molecule has 0 atom stereocenters. The van der Waals surface area contributed by atoms with Crippen LogP contribution in [0.3, 0.4) is 0 Å². The van der Waals surface area contributed by atoms with Crippen LogP contribution in [-0.2, 0) is 11.2 Å². The van der Waals surface area contributed by atoms with Crippen molar-refractivity contribution in [1.82, 2.24) is 0 Å². The number of aryl methyl sites for hydroxylation is 1. The summed E-state index contributed by atoms with van der Waals surface area (Å²) in [6.07, 6.45) is 0.994. The van der Waals surface area contributed by atoms with Gasteiger partial charge in [0.1, 0.15) is 0 Å². The Morgan fingerprint density at radius 2 is 2.31 bits per heavy atom. The van der Waals surface area contributed by atoms with Gasteiger partial charge >= 0.3 is 0 Å². The summed E-state index contributed by atoms with van der Waals surface area (Å²) in [6, 6.07) is 7.93. The third-order valence-electron chi connectivity index (χ3n) is 1.74. The standard InChI is InChI=1S/C10H12INO/c1-2-8-4-3-5-9(6-8)12-10(13)7-11/h3-6H,2,7H2,1H3,(H,12,13). The fourth-order valence-corrected chi connectivity index (χ4v) is 1.25. The van der Waals surface area contributed by atoms with E-state index in [0.29, 0.717) is 4.43 Å². The summed E-state index contributed by atoms with van der Waals surface area (Å²) < 4.78 is 0.494. The number of halogens is 1. The van der Waals surface area contributed by atoms with Crippen LogP contribution < -0.4 is 5.32 Å². The van der Waals surface area contributed by atoms with E-state index < -0.39 is 0 Å². The smallest absolute Gasteiger partial charge is 0.234 e. The molecule has 3 heteroatoms. The van der Waals surface area contributed by atoms with E-state index >= 15 is 0 Å². The minimum absolute atomic E-state index is 0.0499. The van der Waals surface area contributed by atoms with E-state index in [1.165, 1.54) is 5.56 Å². The highest BCUT2D eigenvalue weighted by molar-refractivity contribution is 14.1. The minimum atomic E-state index is 0.0499. The number of hydrogen-bond donors (Lipinski definition) is 1. The van der Waals surface area contributed by atoms with Crippen molar-refractivity contribution in [1.29, 1.82) is 0 Å². The lowest BCUT2D eigenvalue weighted by atomic mass is 10.1. The number of carbonyl (C=O) groups is 1. The summed E-state index contributed by atoms with van der Waals surface area (Å²) in [5.74, 6) is 0.0499. The van der Waals surface area contributed by atoms with Crippen molar-refractivity contribution in [2.75, 3.05) is 9.74 Å². The molecule has 0 heterocycles. The topological polar surface area (TPSA) is 29.1 Å². The van der Waals surface area contributed by atoms with Crippen LogP contribution in [0.2, 0.25) is 0 Å². The average Bonchev–Trinajstić information content (AvgIpc) is 2.18. The molecule has 0 spiro atoms. The van der Waals surface area contributed by atoms with Crippen LogP contribution in [0.4, 0.5) is 5.69 Å². The SMILES string of the molecule is CCc1cccc(NC(=O)CI)c1. The summed E-state index contributed by atoms with van der Waals surface area (Å²) >= 11 is 2.05. The predicted molar refractivity (Wildman–Crippen MR) is 63.3 cm³/mol. The Morgan fingerprint density at radius 3 is 2.92 bits per heavy atom. The fraction of sp³-hybridized carbons (Fsp3) is 0.300. The molecule has 0 unspecified atom stereocenters. The molecule has 0 radical (unpaired) electrons. The van der Waals surface area contributed by atoms with Crippen molar-refractivity contribution in [3.8, 4) is 0 Å². The van der Waals surface area contributed by atoms with Crippen molar-refractivity contribution < 1.29 is 4.79 Å². The van der Waals surface area contributed by atoms with Gasteiger partial charge in [0.15, 0.2) is 0 Å². The maximum Gasteiger partial charge on any atom is 0.234 e. The first-order valence-electron chi connectivity index (χ1n) is 4.21. The maximum atomic E-state index is 11.1. The summed E-state index contributed by atoms with van der Waals surface area (Å²) in [4.78, 5) is 11.1. The average molecular weight is 289 g/mol. The first kappa shape index (κ1) is 10.5. The van der Waals surface area contributed by atoms with Gasteiger partial charge in [0.25, 0.3) is 0 Å². The van der Waals surface area contributed by atoms with Crippen LogP contribution in [0.5, 0.6) is 0 Å². The second-order valence-electron chi connectivity index (χ2n) is 2.74. The number of amides is 1. The van der Waals surface area contributed by atoms with Crippen LogP contribution in [0.1, 0.15) is 12.5 Å². The summed E-state index contributed by atoms with van der Waals surface area (Å²) in [5.41, 5.74) is 2.13. The lowest BCUT2D eigenvalue weighted by Crippen LogP contribution is -2.12. The van der Waals surface area contributed by atoms with Crippen LogP contribution in [-0.4, -0.2) is 10.3 Å². The quantitative estimate of drug-likeness (QED) is 0.672. The second-order valence-corrected chi connectivity index (χ2v) is 3.50. The van der Waals surface area contributed by atoms with E-state index in [4.69, 9.17) is 0 Å². The van der Waals surface area contributed by atoms with E-state index in [2.05, 4.69) is 18.3 Å². The number of alkyl halides is 1. The fourth-order valence-electron chi connectivity index (χ4n) is 1.06. The lowest BCUT2D eigenvalue weighted by Gasteiger charge is -2.04. The van der Waals surface area contributed by atoms with Gasteiger partial charge in [0.05, 0.1) is 4.43 Å². The molecule has 0 saturated carbocycles. The maximum absolute atomic E-state index is 11.1. The van der Waals surface area contributed by atoms with E-state index in [1.807, 2.05) is 40.8 Å². The Labute approximate surface area is 91.9 Å². The van der Waals surface area contributed by atoms with Crippen LogP contribution >= 0.6 is 22.6 Å². The van der Waals surface area contributed by atoms with E-state index in [-0.39, 0.29) is 5.91 Å². The van der Waals surface area contributed by atoms with Crippen molar-refractivity contribution in [3.63, 3.8) is 0 Å². The van der Waals surface area contributed by atoms with Crippen molar-refractivity contribution in [2.45, 2.75) is 13.3 Å². The molecule has 0 aliphatic carbocycles. The van der Waals surface area contributed by atoms with Gasteiger partial charge in [0, 0.05) is 5.69 Å². The molecule has 1 N–H and O–H groups in total. The number of anilines is 1. The van der Waals surface area contributed by atoms with E-state index in [1.54, 1.807) is 0 Å². The first-order chi connectivity index (χ1) is 6.26. The Bertz CT molecular complexity index is 299. The lowest BCUT2D eigenvalue weighted by molar-refractivity contribution is -0.113. The molecule has 1 rings (SSSR count).